The molecule has 0 saturated heterocycles. The van der Waals surface area contributed by atoms with E-state index in [4.69, 9.17) is 18.0 Å². The number of carbonyl (C=O) groups is 1. The van der Waals surface area contributed by atoms with Crippen molar-refractivity contribution in [3.63, 3.8) is 0 Å². The molecule has 0 aliphatic carbocycles. The van der Waals surface area contributed by atoms with E-state index in [-0.39, 0.29) is 11.0 Å². The third-order valence-corrected chi connectivity index (χ3v) is 3.14. The second-order valence-corrected chi connectivity index (χ2v) is 5.28. The summed E-state index contributed by atoms with van der Waals surface area (Å²) in [6, 6.07) is 12.9. The molecule has 0 spiro atoms. The lowest BCUT2D eigenvalue weighted by atomic mass is 10.1. The molecule has 5 heteroatoms. The Morgan fingerprint density at radius 3 is 2.10 bits per heavy atom. The lowest BCUT2D eigenvalue weighted by Crippen LogP contribution is -2.18. The number of carbonyl (C=O) groups excluding carboxylic acids is 1. The lowest BCUT2D eigenvalue weighted by molar-refractivity contribution is 0.102. The van der Waals surface area contributed by atoms with Gasteiger partial charge in [-0.25, -0.2) is 0 Å². The summed E-state index contributed by atoms with van der Waals surface area (Å²) in [6.07, 6.45) is 0. The molecule has 0 radical (unpaired) electrons. The first-order chi connectivity index (χ1) is 9.95. The van der Waals surface area contributed by atoms with Crippen LogP contribution in [0.3, 0.4) is 0 Å². The first kappa shape index (κ1) is 15.0. The maximum atomic E-state index is 12.2. The van der Waals surface area contributed by atoms with Crippen LogP contribution in [0.4, 0.5) is 11.4 Å². The molecule has 1 amide bonds. The van der Waals surface area contributed by atoms with Crippen LogP contribution in [0, 0.1) is 13.8 Å². The fourth-order valence-electron chi connectivity index (χ4n) is 2.05. The van der Waals surface area contributed by atoms with E-state index in [2.05, 4.69) is 10.6 Å². The molecule has 4 N–H and O–H groups in total. The maximum absolute atomic E-state index is 12.2. The van der Waals surface area contributed by atoms with E-state index < -0.39 is 0 Å². The number of amides is 1. The largest absolute Gasteiger partial charge is 0.376 e. The second kappa shape index (κ2) is 6.37. The number of hydrogen-bond acceptors (Lipinski definition) is 2. The Labute approximate surface area is 129 Å². The van der Waals surface area contributed by atoms with Crippen molar-refractivity contribution in [2.75, 3.05) is 10.6 Å². The van der Waals surface area contributed by atoms with Crippen molar-refractivity contribution < 1.29 is 4.79 Å². The Kier molecular flexibility index (Phi) is 4.55. The molecule has 0 unspecified atom stereocenters. The van der Waals surface area contributed by atoms with Crippen LogP contribution in [0.5, 0.6) is 0 Å². The summed E-state index contributed by atoms with van der Waals surface area (Å²) >= 11 is 4.77. The van der Waals surface area contributed by atoms with Gasteiger partial charge in [-0.15, -0.1) is 0 Å². The summed E-state index contributed by atoms with van der Waals surface area (Å²) in [5, 5.41) is 5.91. The summed E-state index contributed by atoms with van der Waals surface area (Å²) in [7, 11) is 0. The first-order valence-corrected chi connectivity index (χ1v) is 6.91. The Morgan fingerprint density at radius 1 is 1.00 bits per heavy atom. The summed E-state index contributed by atoms with van der Waals surface area (Å²) in [5.74, 6) is -0.123. The number of aryl methyl sites for hydroxylation is 2. The number of hydrogen-bond donors (Lipinski definition) is 3. The monoisotopic (exact) mass is 299 g/mol. The number of rotatable bonds is 3. The number of anilines is 2. The molecule has 0 bridgehead atoms. The predicted octanol–water partition coefficient (Wildman–Crippen LogP) is 3.21. The van der Waals surface area contributed by atoms with Gasteiger partial charge >= 0.3 is 0 Å². The summed E-state index contributed by atoms with van der Waals surface area (Å²) < 4.78 is 0. The smallest absolute Gasteiger partial charge is 0.255 e. The summed E-state index contributed by atoms with van der Waals surface area (Å²) in [6.45, 7) is 3.93. The highest BCUT2D eigenvalue weighted by Crippen LogP contribution is 2.16. The molecule has 2 aromatic rings. The molecule has 4 nitrogen and oxygen atoms in total. The third kappa shape index (κ3) is 4.03. The van der Waals surface area contributed by atoms with E-state index in [1.54, 1.807) is 24.3 Å². The Hall–Kier alpha value is -2.40. The first-order valence-electron chi connectivity index (χ1n) is 6.51. The average molecular weight is 299 g/mol. The number of thiocarbonyl (C=S) groups is 1. The normalized spacial score (nSPS) is 10.0. The highest BCUT2D eigenvalue weighted by molar-refractivity contribution is 7.80. The van der Waals surface area contributed by atoms with Crippen molar-refractivity contribution in [1.29, 1.82) is 0 Å². The number of nitrogens with two attached hydrogens (primary N) is 1. The second-order valence-electron chi connectivity index (χ2n) is 4.84. The molecule has 0 aromatic heterocycles. The molecule has 0 saturated carbocycles. The standard InChI is InChI=1S/C16H17N3OS/c1-10-3-8-14(11(2)9-10)15(20)18-12-4-6-13(7-5-12)19-16(17)21/h3-9H,1-2H3,(H,18,20)(H3,17,19,21). The van der Waals surface area contributed by atoms with E-state index in [0.29, 0.717) is 11.3 Å². The van der Waals surface area contributed by atoms with Gasteiger partial charge in [0.2, 0.25) is 0 Å². The van der Waals surface area contributed by atoms with Crippen molar-refractivity contribution in [2.24, 2.45) is 5.73 Å². The minimum Gasteiger partial charge on any atom is -0.376 e. The van der Waals surface area contributed by atoms with Gasteiger partial charge in [-0.2, -0.15) is 0 Å². The highest BCUT2D eigenvalue weighted by Gasteiger charge is 2.09. The van der Waals surface area contributed by atoms with Crippen LogP contribution in [-0.4, -0.2) is 11.0 Å². The van der Waals surface area contributed by atoms with Crippen LogP contribution in [0.15, 0.2) is 42.5 Å². The van der Waals surface area contributed by atoms with Gasteiger partial charge in [0, 0.05) is 16.9 Å². The van der Waals surface area contributed by atoms with Crippen LogP contribution in [0.2, 0.25) is 0 Å². The molecular weight excluding hydrogens is 282 g/mol. The van der Waals surface area contributed by atoms with E-state index in [1.165, 1.54) is 0 Å². The molecule has 0 fully saturated rings. The van der Waals surface area contributed by atoms with Crippen LogP contribution >= 0.6 is 12.2 Å². The molecule has 2 aromatic carbocycles. The SMILES string of the molecule is Cc1ccc(C(=O)Nc2ccc(NC(N)=S)cc2)c(C)c1. The predicted molar refractivity (Wildman–Crippen MR) is 90.7 cm³/mol. The zero-order valence-electron chi connectivity index (χ0n) is 11.9. The van der Waals surface area contributed by atoms with Gasteiger partial charge < -0.3 is 16.4 Å². The Morgan fingerprint density at radius 2 is 1.57 bits per heavy atom. The topological polar surface area (TPSA) is 67.2 Å². The fourth-order valence-corrected chi connectivity index (χ4v) is 2.16. The third-order valence-electron chi connectivity index (χ3n) is 3.04. The van der Waals surface area contributed by atoms with Crippen molar-refractivity contribution in [2.45, 2.75) is 13.8 Å². The summed E-state index contributed by atoms with van der Waals surface area (Å²) in [5.41, 5.74) is 9.67. The van der Waals surface area contributed by atoms with Crippen LogP contribution in [0.25, 0.3) is 0 Å². The molecule has 21 heavy (non-hydrogen) atoms. The molecular formula is C16H17N3OS. The van der Waals surface area contributed by atoms with Crippen molar-refractivity contribution in [1.82, 2.24) is 0 Å². The van der Waals surface area contributed by atoms with Gasteiger partial charge in [0.1, 0.15) is 0 Å². The minimum atomic E-state index is -0.123. The zero-order valence-corrected chi connectivity index (χ0v) is 12.8. The Balaban J connectivity index is 2.10. The van der Waals surface area contributed by atoms with E-state index in [0.717, 1.165) is 16.8 Å². The van der Waals surface area contributed by atoms with Gasteiger partial charge in [-0.1, -0.05) is 17.7 Å². The zero-order chi connectivity index (χ0) is 15.4. The van der Waals surface area contributed by atoms with Gasteiger partial charge in [0.25, 0.3) is 5.91 Å². The quantitative estimate of drug-likeness (QED) is 0.761. The van der Waals surface area contributed by atoms with Crippen LogP contribution in [-0.2, 0) is 0 Å². The van der Waals surface area contributed by atoms with Crippen LogP contribution in [0.1, 0.15) is 21.5 Å². The van der Waals surface area contributed by atoms with E-state index in [9.17, 15) is 4.79 Å². The van der Waals surface area contributed by atoms with Gasteiger partial charge in [-0.05, 0) is 62.0 Å². The van der Waals surface area contributed by atoms with Gasteiger partial charge in [0.15, 0.2) is 5.11 Å². The Bertz CT molecular complexity index is 680. The van der Waals surface area contributed by atoms with E-state index >= 15 is 0 Å². The van der Waals surface area contributed by atoms with Crippen molar-refractivity contribution in [3.8, 4) is 0 Å². The highest BCUT2D eigenvalue weighted by atomic mass is 32.1. The lowest BCUT2D eigenvalue weighted by Gasteiger charge is -2.09. The molecule has 0 atom stereocenters. The minimum absolute atomic E-state index is 0.123. The van der Waals surface area contributed by atoms with E-state index in [1.807, 2.05) is 32.0 Å². The molecule has 0 aliphatic heterocycles. The summed E-state index contributed by atoms with van der Waals surface area (Å²) in [4.78, 5) is 12.2. The number of nitrogens with one attached hydrogen (secondary N) is 2. The number of benzene rings is 2. The average Bonchev–Trinajstić information content (AvgIpc) is 2.40. The molecule has 108 valence electrons. The molecule has 2 rings (SSSR count). The maximum Gasteiger partial charge on any atom is 0.255 e. The van der Waals surface area contributed by atoms with Gasteiger partial charge in [0.05, 0.1) is 0 Å². The van der Waals surface area contributed by atoms with Gasteiger partial charge in [-0.3, -0.25) is 4.79 Å². The van der Waals surface area contributed by atoms with Crippen LogP contribution < -0.4 is 16.4 Å². The van der Waals surface area contributed by atoms with Crippen molar-refractivity contribution in [3.05, 3.63) is 59.2 Å². The molecule has 0 aliphatic rings. The van der Waals surface area contributed by atoms with Crippen molar-refractivity contribution >= 4 is 34.6 Å². The fraction of sp³-hybridized carbons (Fsp3) is 0.125. The molecule has 0 heterocycles.